The Bertz CT molecular complexity index is 1110. The number of nitrogens with one attached hydrogen (secondary N) is 1. The molecule has 0 aliphatic heterocycles. The molecule has 0 spiro atoms. The Morgan fingerprint density at radius 2 is 2.03 bits per heavy atom. The first-order valence-electron chi connectivity index (χ1n) is 12.0. The Hall–Kier alpha value is -2.94. The minimum atomic E-state index is -0.863. The Morgan fingerprint density at radius 1 is 1.29 bits per heavy atom. The fraction of sp³-hybridized carbons (Fsp3) is 0.560. The van der Waals surface area contributed by atoms with Gasteiger partial charge >= 0.3 is 5.97 Å². The number of benzene rings is 1. The number of amides is 1. The van der Waals surface area contributed by atoms with Crippen molar-refractivity contribution < 1.29 is 18.7 Å². The van der Waals surface area contributed by atoms with Gasteiger partial charge in [-0.05, 0) is 62.5 Å². The number of ether oxygens (including phenoxy) is 1. The Labute approximate surface area is 199 Å². The molecule has 1 aromatic heterocycles. The topological polar surface area (TPSA) is 125 Å². The highest BCUT2D eigenvalue weighted by Crippen LogP contribution is 2.38. The number of hydrogen-bond acceptors (Lipinski definition) is 6. The summed E-state index contributed by atoms with van der Waals surface area (Å²) in [5.41, 5.74) is 14.9. The monoisotopic (exact) mass is 471 g/mol. The van der Waals surface area contributed by atoms with Crippen LogP contribution in [0.2, 0.25) is 0 Å². The first-order valence-corrected chi connectivity index (χ1v) is 12.0. The maximum absolute atomic E-state index is 15.3. The normalized spacial score (nSPS) is 21.6. The van der Waals surface area contributed by atoms with Crippen molar-refractivity contribution in [2.75, 3.05) is 11.9 Å². The van der Waals surface area contributed by atoms with Gasteiger partial charge in [0.2, 0.25) is 0 Å². The van der Waals surface area contributed by atoms with Gasteiger partial charge in [-0.25, -0.2) is 9.07 Å². The van der Waals surface area contributed by atoms with Crippen molar-refractivity contribution in [3.63, 3.8) is 0 Å². The van der Waals surface area contributed by atoms with Crippen LogP contribution in [0.4, 0.5) is 10.1 Å². The highest BCUT2D eigenvalue weighted by molar-refractivity contribution is 5.99. The van der Waals surface area contributed by atoms with Crippen molar-refractivity contribution in [3.8, 4) is 5.69 Å². The van der Waals surface area contributed by atoms with Gasteiger partial charge < -0.3 is 21.5 Å². The second-order valence-electron chi connectivity index (χ2n) is 10.2. The lowest BCUT2D eigenvalue weighted by Gasteiger charge is -2.33. The van der Waals surface area contributed by atoms with Crippen molar-refractivity contribution >= 4 is 17.6 Å². The van der Waals surface area contributed by atoms with E-state index < -0.39 is 23.8 Å². The molecule has 1 fully saturated rings. The number of hydrogen-bond donors (Lipinski definition) is 3. The Morgan fingerprint density at radius 3 is 2.74 bits per heavy atom. The van der Waals surface area contributed by atoms with Gasteiger partial charge in [-0.1, -0.05) is 20.3 Å². The number of primary amides is 1. The van der Waals surface area contributed by atoms with Crippen LogP contribution >= 0.6 is 0 Å². The number of carbonyl (C=O) groups is 2. The van der Waals surface area contributed by atoms with Crippen LogP contribution < -0.4 is 16.8 Å². The summed E-state index contributed by atoms with van der Waals surface area (Å²) in [5.74, 6) is -2.07. The molecule has 0 unspecified atom stereocenters. The van der Waals surface area contributed by atoms with Crippen molar-refractivity contribution in [2.45, 2.75) is 77.9 Å². The van der Waals surface area contributed by atoms with Crippen LogP contribution in [0.5, 0.6) is 0 Å². The summed E-state index contributed by atoms with van der Waals surface area (Å²) in [5, 5.41) is 7.98. The van der Waals surface area contributed by atoms with E-state index in [0.29, 0.717) is 18.5 Å². The van der Waals surface area contributed by atoms with Gasteiger partial charge in [0.25, 0.3) is 5.91 Å². The van der Waals surface area contributed by atoms with Gasteiger partial charge in [-0.3, -0.25) is 9.59 Å². The molecule has 1 amide bonds. The molecule has 0 saturated heterocycles. The van der Waals surface area contributed by atoms with E-state index in [9.17, 15) is 9.59 Å². The van der Waals surface area contributed by atoms with Crippen LogP contribution in [0.15, 0.2) is 12.1 Å². The van der Waals surface area contributed by atoms with E-state index in [1.165, 1.54) is 11.6 Å². The maximum atomic E-state index is 15.3. The zero-order chi connectivity index (χ0) is 24.6. The first kappa shape index (κ1) is 24.2. The van der Waals surface area contributed by atoms with E-state index in [1.807, 2.05) is 6.92 Å². The molecule has 2 aliphatic carbocycles. The fourth-order valence-electron chi connectivity index (χ4n) is 5.23. The third-order valence-electron chi connectivity index (χ3n) is 7.05. The van der Waals surface area contributed by atoms with Crippen LogP contribution in [-0.2, 0) is 22.4 Å². The molecule has 0 radical (unpaired) electrons. The van der Waals surface area contributed by atoms with Crippen LogP contribution in [0.3, 0.4) is 0 Å². The quantitative estimate of drug-likeness (QED) is 0.556. The molecule has 2 atom stereocenters. The molecule has 1 aromatic carbocycles. The SMILES string of the molecule is Cc1nn(-c2cc(F)c(C(N)=O)c(N[C@H]3CCCC[C@@H]3OC(=O)CN)c2)c2c1CCC(C)(C)C2. The number of carbonyl (C=O) groups excluding carboxylic acids is 2. The molecular formula is C25H34FN5O3. The summed E-state index contributed by atoms with van der Waals surface area (Å²) in [6.07, 6.45) is 5.60. The standard InChI is InChI=1S/C25H34FN5O3/c1-14-16-8-9-25(2,3)12-20(16)31(30-14)15-10-17(26)23(24(28)33)19(11-15)29-18-6-4-5-7-21(18)34-22(32)13-27/h10-11,18,21,29H,4-9,12-13,27H2,1-3H3,(H2,28,33)/t18-,21-/m0/s1. The lowest BCUT2D eigenvalue weighted by atomic mass is 9.76. The van der Waals surface area contributed by atoms with Crippen LogP contribution in [0.1, 0.15) is 73.3 Å². The highest BCUT2D eigenvalue weighted by atomic mass is 19.1. The van der Waals surface area contributed by atoms with E-state index in [1.54, 1.807) is 10.7 Å². The minimum absolute atomic E-state index is 0.117. The number of fused-ring (bicyclic) bond motifs is 1. The Balaban J connectivity index is 1.74. The second kappa shape index (κ2) is 9.37. The van der Waals surface area contributed by atoms with Gasteiger partial charge in [0.15, 0.2) is 0 Å². The van der Waals surface area contributed by atoms with E-state index in [2.05, 4.69) is 19.2 Å². The number of halogens is 1. The second-order valence-corrected chi connectivity index (χ2v) is 10.2. The summed E-state index contributed by atoms with van der Waals surface area (Å²) in [6.45, 7) is 6.20. The summed E-state index contributed by atoms with van der Waals surface area (Å²) in [4.78, 5) is 24.0. The molecule has 0 bridgehead atoms. The molecule has 1 heterocycles. The molecule has 1 saturated carbocycles. The molecule has 184 valence electrons. The number of anilines is 1. The van der Waals surface area contributed by atoms with Crippen molar-refractivity contribution in [2.24, 2.45) is 16.9 Å². The number of aromatic nitrogens is 2. The molecular weight excluding hydrogens is 437 g/mol. The zero-order valence-electron chi connectivity index (χ0n) is 20.1. The summed E-state index contributed by atoms with van der Waals surface area (Å²) < 4.78 is 22.6. The van der Waals surface area contributed by atoms with Gasteiger partial charge in [-0.2, -0.15) is 5.10 Å². The van der Waals surface area contributed by atoms with Crippen LogP contribution in [0.25, 0.3) is 5.69 Å². The smallest absolute Gasteiger partial charge is 0.320 e. The highest BCUT2D eigenvalue weighted by Gasteiger charge is 2.32. The molecule has 2 aliphatic rings. The van der Waals surface area contributed by atoms with Crippen LogP contribution in [0, 0.1) is 18.2 Å². The molecule has 9 heteroatoms. The largest absolute Gasteiger partial charge is 0.459 e. The average Bonchev–Trinajstić information content (AvgIpc) is 3.08. The lowest BCUT2D eigenvalue weighted by molar-refractivity contribution is -0.149. The molecule has 34 heavy (non-hydrogen) atoms. The van der Waals surface area contributed by atoms with E-state index in [4.69, 9.17) is 21.3 Å². The van der Waals surface area contributed by atoms with Gasteiger partial charge in [0.05, 0.1) is 35.2 Å². The maximum Gasteiger partial charge on any atom is 0.320 e. The fourth-order valence-corrected chi connectivity index (χ4v) is 5.23. The summed E-state index contributed by atoms with van der Waals surface area (Å²) in [7, 11) is 0. The number of rotatable bonds is 6. The minimum Gasteiger partial charge on any atom is -0.459 e. The zero-order valence-corrected chi connectivity index (χ0v) is 20.1. The number of nitrogens with zero attached hydrogens (tertiary/aromatic N) is 2. The van der Waals surface area contributed by atoms with Gasteiger partial charge in [-0.15, -0.1) is 0 Å². The van der Waals surface area contributed by atoms with Crippen molar-refractivity contribution in [1.82, 2.24) is 9.78 Å². The van der Waals surface area contributed by atoms with Crippen molar-refractivity contribution in [3.05, 3.63) is 40.5 Å². The molecule has 5 N–H and O–H groups in total. The predicted octanol–water partition coefficient (Wildman–Crippen LogP) is 3.16. The number of nitrogens with two attached hydrogens (primary N) is 2. The van der Waals surface area contributed by atoms with E-state index in [0.717, 1.165) is 43.5 Å². The average molecular weight is 472 g/mol. The lowest BCUT2D eigenvalue weighted by Crippen LogP contribution is -2.41. The molecule has 8 nitrogen and oxygen atoms in total. The predicted molar refractivity (Wildman–Crippen MR) is 127 cm³/mol. The first-order chi connectivity index (χ1) is 16.1. The van der Waals surface area contributed by atoms with E-state index >= 15 is 4.39 Å². The summed E-state index contributed by atoms with van der Waals surface area (Å²) >= 11 is 0. The number of esters is 1. The Kier molecular flexibility index (Phi) is 6.66. The van der Waals surface area contributed by atoms with Gasteiger partial charge in [0.1, 0.15) is 11.9 Å². The van der Waals surface area contributed by atoms with Crippen LogP contribution in [-0.4, -0.2) is 40.3 Å². The molecule has 2 aromatic rings. The third-order valence-corrected chi connectivity index (χ3v) is 7.05. The van der Waals surface area contributed by atoms with Gasteiger partial charge in [0, 0.05) is 11.8 Å². The van der Waals surface area contributed by atoms with E-state index in [-0.39, 0.29) is 29.3 Å². The number of aryl methyl sites for hydroxylation is 1. The third kappa shape index (κ3) is 4.80. The van der Waals surface area contributed by atoms with Crippen molar-refractivity contribution in [1.29, 1.82) is 0 Å². The summed E-state index contributed by atoms with van der Waals surface area (Å²) in [6, 6.07) is 2.74. The molecule has 4 rings (SSSR count).